The first-order chi connectivity index (χ1) is 11.4. The maximum Gasteiger partial charge on any atom is 0.244 e. The van der Waals surface area contributed by atoms with Crippen LogP contribution in [-0.2, 0) is 0 Å². The highest BCUT2D eigenvalue weighted by molar-refractivity contribution is 7.58. The molecule has 0 fully saturated rings. The zero-order valence-corrected chi connectivity index (χ0v) is 17.0. The van der Waals surface area contributed by atoms with Gasteiger partial charge in [-0.15, -0.1) is 15.9 Å². The number of hydrogen-bond acceptors (Lipinski definition) is 14. The summed E-state index contributed by atoms with van der Waals surface area (Å²) >= 11 is 0. The van der Waals surface area contributed by atoms with Crippen molar-refractivity contribution in [1.82, 2.24) is 9.80 Å². The Morgan fingerprint density at radius 3 is 1.00 bits per heavy atom. The van der Waals surface area contributed by atoms with Gasteiger partial charge in [0.25, 0.3) is 0 Å². The van der Waals surface area contributed by atoms with E-state index in [1.807, 2.05) is 0 Å². The van der Waals surface area contributed by atoms with Crippen molar-refractivity contribution in [2.24, 2.45) is 0 Å². The summed E-state index contributed by atoms with van der Waals surface area (Å²) in [5.74, 6) is 0. The maximum atomic E-state index is 11.0. The molecule has 14 nitrogen and oxygen atoms in total. The molecule has 0 atom stereocenters. The van der Waals surface area contributed by atoms with Gasteiger partial charge in [0.15, 0.2) is 12.6 Å². The molecule has 0 radical (unpaired) electrons. The lowest BCUT2D eigenvalue weighted by Gasteiger charge is -2.49. The largest absolute Gasteiger partial charge is 0.687 e. The van der Waals surface area contributed by atoms with Crippen LogP contribution in [0, 0.1) is 0 Å². The summed E-state index contributed by atoms with van der Waals surface area (Å²) < 4.78 is 0. The van der Waals surface area contributed by atoms with Crippen LogP contribution in [0.4, 0.5) is 0 Å². The van der Waals surface area contributed by atoms with Gasteiger partial charge in [0.05, 0.1) is 12.6 Å². The quantitative estimate of drug-likeness (QED) is 0.147. The molecule has 0 amide bonds. The summed E-state index contributed by atoms with van der Waals surface area (Å²) in [5.41, 5.74) is 0. The SMILES string of the molecule is [O-][P+]([O-])([O-])CN(CCCCN(C[P+]([O-])(O)O)C[P+]([O-])(O)O)C[P+]([O-])([O-])[O-]. The second kappa shape index (κ2) is 10.8. The van der Waals surface area contributed by atoms with Gasteiger partial charge in [0, 0.05) is 13.1 Å². The molecule has 26 heavy (non-hydrogen) atoms. The van der Waals surface area contributed by atoms with Crippen molar-refractivity contribution in [3.63, 3.8) is 0 Å². The molecule has 0 aromatic carbocycles. The van der Waals surface area contributed by atoms with Gasteiger partial charge < -0.3 is 39.1 Å². The molecule has 0 saturated carbocycles. The molecule has 0 aliphatic heterocycles. The van der Waals surface area contributed by atoms with Gasteiger partial charge in [-0.1, -0.05) is 0 Å². The average molecular weight is 460 g/mol. The van der Waals surface area contributed by atoms with Crippen LogP contribution in [0.1, 0.15) is 12.8 Å². The van der Waals surface area contributed by atoms with Crippen molar-refractivity contribution >= 4 is 31.8 Å². The topological polar surface area (TPSA) is 272 Å². The summed E-state index contributed by atoms with van der Waals surface area (Å²) in [6, 6.07) is 0. The number of nitrogens with zero attached hydrogens (tertiary/aromatic N) is 2. The molecule has 0 aromatic rings. The summed E-state index contributed by atoms with van der Waals surface area (Å²) in [4.78, 5) is 123. The first-order valence-corrected chi connectivity index (χ1v) is 14.0. The molecule has 0 aliphatic carbocycles. The fourth-order valence-electron chi connectivity index (χ4n) is 2.05. The van der Waals surface area contributed by atoms with E-state index in [0.29, 0.717) is 4.90 Å². The van der Waals surface area contributed by atoms with Gasteiger partial charge in [-0.25, -0.2) is 29.4 Å². The Labute approximate surface area is 152 Å². The second-order valence-electron chi connectivity index (χ2n) is 5.61. The standard InChI is InChI=1S/C8H24N2O12P4/c11-23(12,13)5-9(6-24(14,15)16)3-1-2-4-10(7-25(17,18)19)8-26(20,21)22/h1-8H2,(H2,11,12,13)(H2,14,15,16)(H2,17,18,19)(H2,20,21,22)/p-4. The number of unbranched alkanes of at least 4 members (excludes halogenated alkanes) is 1. The van der Waals surface area contributed by atoms with E-state index < -0.39 is 56.9 Å². The first-order valence-electron chi connectivity index (χ1n) is 6.92. The Kier molecular flexibility index (Phi) is 11.3. The zero-order valence-electron chi connectivity index (χ0n) is 13.4. The van der Waals surface area contributed by atoms with Gasteiger partial charge in [-0.3, -0.25) is 0 Å². The average Bonchev–Trinajstić information content (AvgIpc) is 2.25. The molecular formula is C8H20N2O12P4-4. The van der Waals surface area contributed by atoms with Crippen molar-refractivity contribution in [3.8, 4) is 0 Å². The molecule has 0 saturated heterocycles. The minimum absolute atomic E-state index is 0.00117. The summed E-state index contributed by atoms with van der Waals surface area (Å²) in [6.07, 6.45) is -4.19. The third-order valence-electron chi connectivity index (χ3n) is 2.71. The van der Waals surface area contributed by atoms with E-state index in [1.165, 1.54) is 0 Å². The van der Waals surface area contributed by atoms with Crippen LogP contribution >= 0.6 is 31.8 Å². The van der Waals surface area contributed by atoms with Crippen molar-refractivity contribution in [1.29, 1.82) is 0 Å². The lowest BCUT2D eigenvalue weighted by atomic mass is 10.3. The fourth-order valence-corrected chi connectivity index (χ4v) is 5.36. The van der Waals surface area contributed by atoms with E-state index in [1.54, 1.807) is 0 Å². The molecule has 18 heteroatoms. The summed E-state index contributed by atoms with van der Waals surface area (Å²) in [6.45, 7) is -0.508. The lowest BCUT2D eigenvalue weighted by molar-refractivity contribution is -0.431. The van der Waals surface area contributed by atoms with Crippen molar-refractivity contribution in [3.05, 3.63) is 0 Å². The molecule has 0 spiro atoms. The highest BCUT2D eigenvalue weighted by Crippen LogP contribution is 2.45. The third kappa shape index (κ3) is 18.5. The lowest BCUT2D eigenvalue weighted by Crippen LogP contribution is -2.47. The monoisotopic (exact) mass is 460 g/mol. The predicted octanol–water partition coefficient (Wildman–Crippen LogP) is -7.90. The van der Waals surface area contributed by atoms with Gasteiger partial charge in [0.2, 0.25) is 15.9 Å². The van der Waals surface area contributed by atoms with E-state index in [0.717, 1.165) is 4.90 Å². The molecule has 0 aromatic heterocycles. The van der Waals surface area contributed by atoms with E-state index >= 15 is 0 Å². The molecule has 0 unspecified atom stereocenters. The van der Waals surface area contributed by atoms with Gasteiger partial charge in [-0.05, 0) is 12.8 Å². The van der Waals surface area contributed by atoms with E-state index in [9.17, 15) is 39.1 Å². The molecule has 0 heterocycles. The van der Waals surface area contributed by atoms with Crippen molar-refractivity contribution in [2.45, 2.75) is 12.8 Å². The predicted molar refractivity (Wildman–Crippen MR) is 78.7 cm³/mol. The third-order valence-corrected chi connectivity index (χ3v) is 5.74. The van der Waals surface area contributed by atoms with E-state index in [2.05, 4.69) is 0 Å². The molecule has 4 N–H and O–H groups in total. The van der Waals surface area contributed by atoms with E-state index in [4.69, 9.17) is 19.6 Å². The zero-order chi connectivity index (χ0) is 20.8. The number of rotatable bonds is 13. The fraction of sp³-hybridized carbons (Fsp3) is 1.00. The Bertz CT molecular complexity index is 336. The maximum absolute atomic E-state index is 11.0. The molecule has 158 valence electrons. The van der Waals surface area contributed by atoms with Crippen LogP contribution in [0.15, 0.2) is 0 Å². The normalized spacial score (nSPS) is 14.5. The smallest absolute Gasteiger partial charge is 0.244 e. The molecular weight excluding hydrogens is 440 g/mol. The molecule has 0 aliphatic rings. The minimum Gasteiger partial charge on any atom is -0.687 e. The Morgan fingerprint density at radius 2 is 0.769 bits per heavy atom. The van der Waals surface area contributed by atoms with Crippen molar-refractivity contribution < 1.29 is 58.7 Å². The van der Waals surface area contributed by atoms with Crippen LogP contribution in [0.5, 0.6) is 0 Å². The Hall–Kier alpha value is 1.16. The Morgan fingerprint density at radius 1 is 0.500 bits per heavy atom. The van der Waals surface area contributed by atoms with Crippen LogP contribution in [0.2, 0.25) is 0 Å². The van der Waals surface area contributed by atoms with Gasteiger partial charge in [-0.2, -0.15) is 0 Å². The second-order valence-corrected chi connectivity index (χ2v) is 11.8. The van der Waals surface area contributed by atoms with Gasteiger partial charge in [0.1, 0.15) is 0 Å². The van der Waals surface area contributed by atoms with Crippen LogP contribution in [0.25, 0.3) is 0 Å². The highest BCUT2D eigenvalue weighted by atomic mass is 31.2. The van der Waals surface area contributed by atoms with Crippen LogP contribution in [0.3, 0.4) is 0 Å². The molecule has 0 bridgehead atoms. The van der Waals surface area contributed by atoms with Crippen molar-refractivity contribution in [2.75, 3.05) is 38.2 Å². The summed E-state index contributed by atoms with van der Waals surface area (Å²) in [7, 11) is -19.4. The Balaban J connectivity index is 4.59. The number of hydrogen-bond donors (Lipinski definition) is 4. The van der Waals surface area contributed by atoms with Crippen LogP contribution in [-0.4, -0.2) is 67.6 Å². The highest BCUT2D eigenvalue weighted by Gasteiger charge is 2.30. The molecule has 0 rings (SSSR count). The van der Waals surface area contributed by atoms with Gasteiger partial charge >= 0.3 is 0 Å². The minimum atomic E-state index is -5.12. The first kappa shape index (κ1) is 27.2. The van der Waals surface area contributed by atoms with Crippen LogP contribution < -0.4 is 39.1 Å². The van der Waals surface area contributed by atoms with E-state index in [-0.39, 0.29) is 25.9 Å². The summed E-state index contributed by atoms with van der Waals surface area (Å²) in [5, 5.41) is 0.